The monoisotopic (exact) mass is 302 g/mol. The summed E-state index contributed by atoms with van der Waals surface area (Å²) in [5, 5.41) is 9.63. The maximum atomic E-state index is 12.1. The zero-order chi connectivity index (χ0) is 15.3. The molecule has 1 fully saturated rings. The van der Waals surface area contributed by atoms with Crippen LogP contribution in [0.25, 0.3) is 0 Å². The van der Waals surface area contributed by atoms with Gasteiger partial charge in [0.05, 0.1) is 24.5 Å². The number of nitrogens with one attached hydrogen (secondary N) is 1. The van der Waals surface area contributed by atoms with Gasteiger partial charge in [0.1, 0.15) is 12.3 Å². The number of quaternary nitrogens is 1. The number of carbonyl (C=O) groups excluding carboxylic acids is 1. The van der Waals surface area contributed by atoms with Gasteiger partial charge in [-0.05, 0) is 13.0 Å². The molecule has 2 N–H and O–H groups in total. The Balaban J connectivity index is 1.72. The van der Waals surface area contributed by atoms with Crippen molar-refractivity contribution in [3.05, 3.63) is 30.6 Å². The molecule has 4 rings (SSSR count). The summed E-state index contributed by atoms with van der Waals surface area (Å²) in [6.45, 7) is 2.30. The second kappa shape index (κ2) is 4.82. The molecule has 22 heavy (non-hydrogen) atoms. The first-order chi connectivity index (χ1) is 10.6. The van der Waals surface area contributed by atoms with Gasteiger partial charge in [0.2, 0.25) is 11.6 Å². The van der Waals surface area contributed by atoms with Gasteiger partial charge >= 0.3 is 6.09 Å². The van der Waals surface area contributed by atoms with Crippen LogP contribution in [0.2, 0.25) is 0 Å². The van der Waals surface area contributed by atoms with Crippen LogP contribution in [0.4, 0.5) is 16.2 Å². The fraction of sp³-hybridized carbons (Fsp3) is 0.333. The number of amides is 1. The van der Waals surface area contributed by atoms with Crippen molar-refractivity contribution in [2.24, 2.45) is 4.99 Å². The molecule has 1 aromatic rings. The van der Waals surface area contributed by atoms with Crippen LogP contribution in [0.1, 0.15) is 6.92 Å². The third kappa shape index (κ3) is 1.90. The summed E-state index contributed by atoms with van der Waals surface area (Å²) < 4.78 is 11.0. The Hall–Kier alpha value is -2.38. The van der Waals surface area contributed by atoms with Crippen LogP contribution in [0.3, 0.4) is 0 Å². The van der Waals surface area contributed by atoms with E-state index in [0.717, 1.165) is 16.4 Å². The summed E-state index contributed by atoms with van der Waals surface area (Å²) in [7, 11) is 0. The number of aliphatic imine (C=N–C) groups is 1. The largest absolute Gasteiger partial charge is 0.473 e. The Morgan fingerprint density at radius 2 is 2.36 bits per heavy atom. The standard InChI is InChI=1S/C15H15N3O4/c1-9(19)12-7-18(15(20)22-12)11-4-2-3-10-14(11)21-8-13-16-5-6-17(10)13/h2-6,9,12,19H,7-8H2,1H3/p+1/t9?,12-/m1/s1. The number of fused-ring (bicyclic) bond motifs is 3. The van der Waals surface area contributed by atoms with E-state index in [4.69, 9.17) is 9.47 Å². The molecule has 0 aromatic heterocycles. The molecule has 2 unspecified atom stereocenters. The first-order valence-corrected chi connectivity index (χ1v) is 7.18. The topological polar surface area (TPSA) is 75.8 Å². The highest BCUT2D eigenvalue weighted by atomic mass is 16.6. The highest BCUT2D eigenvalue weighted by molar-refractivity contribution is 5.94. The summed E-state index contributed by atoms with van der Waals surface area (Å²) >= 11 is 0. The second-order valence-corrected chi connectivity index (χ2v) is 5.52. The van der Waals surface area contributed by atoms with E-state index in [0.29, 0.717) is 24.6 Å². The van der Waals surface area contributed by atoms with Crippen molar-refractivity contribution in [2.45, 2.75) is 19.1 Å². The second-order valence-electron chi connectivity index (χ2n) is 5.52. The molecule has 3 aliphatic heterocycles. The molecule has 0 aliphatic carbocycles. The maximum absolute atomic E-state index is 12.1. The van der Waals surface area contributed by atoms with Gasteiger partial charge in [-0.25, -0.2) is 9.69 Å². The Bertz CT molecular complexity index is 698. The molecular weight excluding hydrogens is 286 g/mol. The van der Waals surface area contributed by atoms with E-state index in [1.54, 1.807) is 13.1 Å². The van der Waals surface area contributed by atoms with Gasteiger partial charge in [-0.2, -0.15) is 4.99 Å². The molecule has 3 aliphatic rings. The highest BCUT2D eigenvalue weighted by Gasteiger charge is 2.40. The highest BCUT2D eigenvalue weighted by Crippen LogP contribution is 2.38. The lowest BCUT2D eigenvalue weighted by Crippen LogP contribution is -3.06. The summed E-state index contributed by atoms with van der Waals surface area (Å²) in [6, 6.07) is 5.65. The summed E-state index contributed by atoms with van der Waals surface area (Å²) in [6.07, 6.45) is 2.00. The quantitative estimate of drug-likeness (QED) is 0.817. The van der Waals surface area contributed by atoms with Crippen molar-refractivity contribution in [1.82, 2.24) is 0 Å². The number of aliphatic hydroxyl groups excluding tert-OH is 1. The molecular formula is C15H16N3O4+. The average Bonchev–Trinajstić information content (AvgIpc) is 3.12. The molecule has 7 nitrogen and oxygen atoms in total. The number of amidine groups is 1. The molecule has 0 radical (unpaired) electrons. The van der Waals surface area contributed by atoms with Crippen LogP contribution in [0.15, 0.2) is 35.6 Å². The normalized spacial score (nSPS) is 26.9. The van der Waals surface area contributed by atoms with Gasteiger partial charge in [-0.15, -0.1) is 0 Å². The van der Waals surface area contributed by atoms with Gasteiger partial charge in [-0.1, -0.05) is 6.07 Å². The van der Waals surface area contributed by atoms with Gasteiger partial charge in [0.25, 0.3) is 0 Å². The Morgan fingerprint density at radius 3 is 3.14 bits per heavy atom. The first-order valence-electron chi connectivity index (χ1n) is 7.18. The van der Waals surface area contributed by atoms with Crippen LogP contribution in [0, 0.1) is 0 Å². The van der Waals surface area contributed by atoms with Gasteiger partial charge in [0.15, 0.2) is 12.3 Å². The maximum Gasteiger partial charge on any atom is 0.414 e. The average molecular weight is 302 g/mol. The lowest BCUT2D eigenvalue weighted by Gasteiger charge is -2.25. The number of para-hydroxylation sites is 1. The minimum atomic E-state index is -0.708. The van der Waals surface area contributed by atoms with E-state index in [-0.39, 0.29) is 0 Å². The SMILES string of the molecule is CC(O)[C@H]1CN(c2cccc3c2OCC2=NC=C[NH+]23)C(=O)O1. The van der Waals surface area contributed by atoms with Gasteiger partial charge in [-0.3, -0.25) is 4.90 Å². The Kier molecular flexibility index (Phi) is 2.91. The molecule has 1 amide bonds. The lowest BCUT2D eigenvalue weighted by molar-refractivity contribution is -0.669. The summed E-state index contributed by atoms with van der Waals surface area (Å²) in [4.78, 5) is 18.9. The van der Waals surface area contributed by atoms with Crippen LogP contribution in [-0.2, 0) is 4.74 Å². The number of hydrogen-bond donors (Lipinski definition) is 2. The zero-order valence-electron chi connectivity index (χ0n) is 12.0. The fourth-order valence-electron chi connectivity index (χ4n) is 2.90. The van der Waals surface area contributed by atoms with Crippen molar-refractivity contribution in [1.29, 1.82) is 0 Å². The molecule has 3 atom stereocenters. The molecule has 7 heteroatoms. The van der Waals surface area contributed by atoms with E-state index in [2.05, 4.69) is 4.99 Å². The van der Waals surface area contributed by atoms with E-state index in [1.807, 2.05) is 24.4 Å². The zero-order valence-corrected chi connectivity index (χ0v) is 12.0. The van der Waals surface area contributed by atoms with Crippen molar-refractivity contribution in [2.75, 3.05) is 18.1 Å². The number of anilines is 1. The predicted molar refractivity (Wildman–Crippen MR) is 78.4 cm³/mol. The van der Waals surface area contributed by atoms with Crippen LogP contribution in [-0.4, -0.2) is 42.4 Å². The molecule has 0 spiro atoms. The van der Waals surface area contributed by atoms with Crippen LogP contribution >= 0.6 is 0 Å². The van der Waals surface area contributed by atoms with Crippen LogP contribution in [0.5, 0.6) is 5.75 Å². The van der Waals surface area contributed by atoms with Crippen molar-refractivity contribution >= 4 is 23.3 Å². The minimum absolute atomic E-state index is 0.308. The number of nitrogens with zero attached hydrogens (tertiary/aromatic N) is 2. The first kappa shape index (κ1) is 13.3. The van der Waals surface area contributed by atoms with Crippen molar-refractivity contribution in [3.8, 4) is 5.75 Å². The van der Waals surface area contributed by atoms with Crippen molar-refractivity contribution < 1.29 is 24.3 Å². The smallest absolute Gasteiger partial charge is 0.414 e. The molecule has 114 valence electrons. The van der Waals surface area contributed by atoms with E-state index >= 15 is 0 Å². The van der Waals surface area contributed by atoms with E-state index < -0.39 is 18.3 Å². The van der Waals surface area contributed by atoms with E-state index in [9.17, 15) is 9.90 Å². The number of hydrogen-bond acceptors (Lipinski definition) is 5. The van der Waals surface area contributed by atoms with Crippen molar-refractivity contribution in [3.63, 3.8) is 0 Å². The molecule has 1 aromatic carbocycles. The fourth-order valence-corrected chi connectivity index (χ4v) is 2.90. The Labute approximate surface area is 127 Å². The third-order valence-electron chi connectivity index (χ3n) is 4.08. The van der Waals surface area contributed by atoms with E-state index in [1.165, 1.54) is 4.90 Å². The summed E-state index contributed by atoms with van der Waals surface area (Å²) in [5.74, 6) is 1.56. The molecule has 3 heterocycles. The predicted octanol–water partition coefficient (Wildman–Crippen LogP) is 0.185. The number of cyclic esters (lactones) is 1. The van der Waals surface area contributed by atoms with Crippen LogP contribution < -0.4 is 14.5 Å². The molecule has 0 saturated carbocycles. The van der Waals surface area contributed by atoms with Gasteiger partial charge in [0, 0.05) is 6.07 Å². The molecule has 0 bridgehead atoms. The lowest BCUT2D eigenvalue weighted by atomic mass is 10.1. The number of benzene rings is 1. The van der Waals surface area contributed by atoms with Gasteiger partial charge < -0.3 is 14.6 Å². The number of ether oxygens (including phenoxy) is 2. The number of rotatable bonds is 2. The number of carbonyl (C=O) groups is 1. The minimum Gasteiger partial charge on any atom is -0.473 e. The third-order valence-corrected chi connectivity index (χ3v) is 4.08. The summed E-state index contributed by atoms with van der Waals surface area (Å²) in [5.41, 5.74) is 1.59. The Morgan fingerprint density at radius 1 is 1.50 bits per heavy atom. The molecule has 1 saturated heterocycles. The number of aliphatic hydroxyl groups is 1.